The van der Waals surface area contributed by atoms with Crippen molar-refractivity contribution in [2.24, 2.45) is 0 Å². The van der Waals surface area contributed by atoms with Gasteiger partial charge in [0, 0.05) is 36.7 Å². The molecule has 6 heteroatoms. The molecule has 3 heterocycles. The predicted molar refractivity (Wildman–Crippen MR) is 92.6 cm³/mol. The summed E-state index contributed by atoms with van der Waals surface area (Å²) in [5.41, 5.74) is 5.08. The van der Waals surface area contributed by atoms with Crippen LogP contribution in [0.2, 0.25) is 0 Å². The van der Waals surface area contributed by atoms with E-state index in [2.05, 4.69) is 15.3 Å². The van der Waals surface area contributed by atoms with E-state index in [0.29, 0.717) is 19.0 Å². The number of aromatic amines is 1. The third-order valence-corrected chi connectivity index (χ3v) is 5.09. The number of H-pyrrole nitrogens is 1. The minimum atomic E-state index is 0.0796. The molecule has 0 spiro atoms. The number of aromatic nitrogens is 4. The molecule has 2 aliphatic rings. The van der Waals surface area contributed by atoms with E-state index in [-0.39, 0.29) is 5.91 Å². The molecule has 1 aliphatic carbocycles. The van der Waals surface area contributed by atoms with Gasteiger partial charge in [-0.2, -0.15) is 10.2 Å². The van der Waals surface area contributed by atoms with Crippen LogP contribution in [0.25, 0.3) is 5.69 Å². The van der Waals surface area contributed by atoms with Gasteiger partial charge in [-0.3, -0.25) is 9.89 Å². The quantitative estimate of drug-likeness (QED) is 0.801. The summed E-state index contributed by atoms with van der Waals surface area (Å²) in [6.45, 7) is 1.33. The molecular weight excluding hydrogens is 314 g/mol. The smallest absolute Gasteiger partial charge is 0.257 e. The molecule has 1 amide bonds. The maximum Gasteiger partial charge on any atom is 0.257 e. The average Bonchev–Trinajstić information content (AvgIpc) is 3.22. The topological polar surface area (TPSA) is 66.8 Å². The first-order chi connectivity index (χ1) is 12.3. The zero-order valence-electron chi connectivity index (χ0n) is 13.9. The van der Waals surface area contributed by atoms with Crippen molar-refractivity contribution < 1.29 is 4.79 Å². The van der Waals surface area contributed by atoms with E-state index in [9.17, 15) is 4.79 Å². The van der Waals surface area contributed by atoms with E-state index >= 15 is 0 Å². The number of nitrogens with zero attached hydrogens (tertiary/aromatic N) is 4. The van der Waals surface area contributed by atoms with Crippen LogP contribution in [0.4, 0.5) is 0 Å². The Balaban J connectivity index is 1.50. The van der Waals surface area contributed by atoms with Gasteiger partial charge in [0.25, 0.3) is 5.91 Å². The van der Waals surface area contributed by atoms with Crippen LogP contribution in [0, 0.1) is 0 Å². The first kappa shape index (κ1) is 14.5. The average molecular weight is 333 g/mol. The molecule has 6 nitrogen and oxygen atoms in total. The third-order valence-electron chi connectivity index (χ3n) is 5.09. The second-order valence-corrected chi connectivity index (χ2v) is 6.82. The van der Waals surface area contributed by atoms with Crippen molar-refractivity contribution in [3.05, 3.63) is 65.2 Å². The first-order valence-electron chi connectivity index (χ1n) is 8.75. The Morgan fingerprint density at radius 2 is 2.00 bits per heavy atom. The number of rotatable bonds is 3. The van der Waals surface area contributed by atoms with Crippen LogP contribution in [0.1, 0.15) is 46.1 Å². The lowest BCUT2D eigenvalue weighted by molar-refractivity contribution is 0.0733. The van der Waals surface area contributed by atoms with E-state index in [1.165, 1.54) is 0 Å². The van der Waals surface area contributed by atoms with Gasteiger partial charge in [0.15, 0.2) is 0 Å². The van der Waals surface area contributed by atoms with Crippen LogP contribution in [0.5, 0.6) is 0 Å². The van der Waals surface area contributed by atoms with Gasteiger partial charge in [-0.25, -0.2) is 4.68 Å². The highest BCUT2D eigenvalue weighted by Gasteiger charge is 2.35. The number of benzene rings is 1. The maximum atomic E-state index is 13.2. The number of carbonyl (C=O) groups excluding carboxylic acids is 1. The highest BCUT2D eigenvalue weighted by atomic mass is 16.2. The van der Waals surface area contributed by atoms with E-state index in [0.717, 1.165) is 47.5 Å². The Morgan fingerprint density at radius 3 is 2.80 bits per heavy atom. The summed E-state index contributed by atoms with van der Waals surface area (Å²) in [5.74, 6) is 0.520. The highest BCUT2D eigenvalue weighted by molar-refractivity contribution is 5.95. The summed E-state index contributed by atoms with van der Waals surface area (Å²) in [4.78, 5) is 15.1. The molecule has 2 aromatic heterocycles. The number of carbonyl (C=O) groups is 1. The molecule has 1 saturated carbocycles. The Morgan fingerprint density at radius 1 is 1.16 bits per heavy atom. The summed E-state index contributed by atoms with van der Waals surface area (Å²) in [7, 11) is 0. The fraction of sp³-hybridized carbons (Fsp3) is 0.316. The molecule has 0 saturated heterocycles. The molecule has 5 rings (SSSR count). The monoisotopic (exact) mass is 333 g/mol. The van der Waals surface area contributed by atoms with Crippen LogP contribution in [0.3, 0.4) is 0 Å². The van der Waals surface area contributed by atoms with Gasteiger partial charge in [0.05, 0.1) is 29.3 Å². The normalized spacial score (nSPS) is 16.7. The lowest BCUT2D eigenvalue weighted by atomic mass is 10.1. The molecule has 126 valence electrons. The molecule has 1 fully saturated rings. The fourth-order valence-electron chi connectivity index (χ4n) is 3.61. The molecule has 1 aliphatic heterocycles. The van der Waals surface area contributed by atoms with E-state index in [1.807, 2.05) is 46.1 Å². The molecule has 0 bridgehead atoms. The largest absolute Gasteiger partial charge is 0.334 e. The molecule has 25 heavy (non-hydrogen) atoms. The van der Waals surface area contributed by atoms with Gasteiger partial charge in [-0.1, -0.05) is 18.2 Å². The Hall–Kier alpha value is -2.89. The highest BCUT2D eigenvalue weighted by Crippen LogP contribution is 2.42. The maximum absolute atomic E-state index is 13.2. The number of hydrogen-bond acceptors (Lipinski definition) is 3. The minimum absolute atomic E-state index is 0.0796. The standard InChI is InChI=1S/C19H19N5O/c25-19(23-9-8-17-14(12-23)10-20-22-17)16-11-21-24(18(16)13-6-7-13)15-4-2-1-3-5-15/h1-5,10-11,13H,6-9,12H2,(H,20,22). The Bertz CT molecular complexity index is 922. The number of fused-ring (bicyclic) bond motifs is 1. The van der Waals surface area contributed by atoms with Gasteiger partial charge >= 0.3 is 0 Å². The molecule has 0 atom stereocenters. The summed E-state index contributed by atoms with van der Waals surface area (Å²) in [6.07, 6.45) is 6.65. The molecular formula is C19H19N5O. The van der Waals surface area contributed by atoms with Gasteiger partial charge in [-0.15, -0.1) is 0 Å². The Kier molecular flexibility index (Phi) is 3.23. The third kappa shape index (κ3) is 2.45. The molecule has 3 aromatic rings. The zero-order valence-corrected chi connectivity index (χ0v) is 13.9. The second kappa shape index (κ2) is 5.58. The number of hydrogen-bond donors (Lipinski definition) is 1. The van der Waals surface area contributed by atoms with Crippen LogP contribution in [-0.4, -0.2) is 37.3 Å². The van der Waals surface area contributed by atoms with Gasteiger partial charge in [0.1, 0.15) is 0 Å². The summed E-state index contributed by atoms with van der Waals surface area (Å²) < 4.78 is 1.94. The van der Waals surface area contributed by atoms with Gasteiger partial charge in [0.2, 0.25) is 0 Å². The summed E-state index contributed by atoms with van der Waals surface area (Å²) in [6, 6.07) is 10.1. The van der Waals surface area contributed by atoms with Crippen LogP contribution < -0.4 is 0 Å². The first-order valence-corrected chi connectivity index (χ1v) is 8.75. The van der Waals surface area contributed by atoms with Gasteiger partial charge in [-0.05, 0) is 25.0 Å². The zero-order chi connectivity index (χ0) is 16.8. The van der Waals surface area contributed by atoms with Crippen LogP contribution in [-0.2, 0) is 13.0 Å². The SMILES string of the molecule is O=C(c1cnn(-c2ccccc2)c1C1CC1)N1CCc2[nH]ncc2C1. The van der Waals surface area contributed by atoms with Crippen LogP contribution >= 0.6 is 0 Å². The van der Waals surface area contributed by atoms with Crippen LogP contribution in [0.15, 0.2) is 42.7 Å². The van der Waals surface area contributed by atoms with Crippen molar-refractivity contribution in [3.8, 4) is 5.69 Å². The van der Waals surface area contributed by atoms with Crippen molar-refractivity contribution >= 4 is 5.91 Å². The number of para-hydroxylation sites is 1. The van der Waals surface area contributed by atoms with Crippen molar-refractivity contribution in [3.63, 3.8) is 0 Å². The van der Waals surface area contributed by atoms with Crippen molar-refractivity contribution in [1.82, 2.24) is 24.9 Å². The van der Waals surface area contributed by atoms with Gasteiger partial charge < -0.3 is 4.90 Å². The number of amides is 1. The van der Waals surface area contributed by atoms with E-state index < -0.39 is 0 Å². The lowest BCUT2D eigenvalue weighted by Gasteiger charge is -2.26. The van der Waals surface area contributed by atoms with E-state index in [4.69, 9.17) is 0 Å². The predicted octanol–water partition coefficient (Wildman–Crippen LogP) is 2.67. The summed E-state index contributed by atoms with van der Waals surface area (Å²) >= 11 is 0. The Labute approximate surface area is 145 Å². The van der Waals surface area contributed by atoms with Crippen molar-refractivity contribution in [2.75, 3.05) is 6.54 Å². The fourth-order valence-corrected chi connectivity index (χ4v) is 3.61. The lowest BCUT2D eigenvalue weighted by Crippen LogP contribution is -2.36. The second-order valence-electron chi connectivity index (χ2n) is 6.82. The molecule has 0 unspecified atom stereocenters. The van der Waals surface area contributed by atoms with Crippen molar-refractivity contribution in [1.29, 1.82) is 0 Å². The molecule has 0 radical (unpaired) electrons. The molecule has 1 aromatic carbocycles. The molecule has 1 N–H and O–H groups in total. The van der Waals surface area contributed by atoms with Crippen molar-refractivity contribution in [2.45, 2.75) is 31.7 Å². The number of nitrogens with one attached hydrogen (secondary N) is 1. The minimum Gasteiger partial charge on any atom is -0.334 e. The van der Waals surface area contributed by atoms with E-state index in [1.54, 1.807) is 6.20 Å². The summed E-state index contributed by atoms with van der Waals surface area (Å²) in [5, 5.41) is 11.7.